The van der Waals surface area contributed by atoms with Crippen molar-refractivity contribution in [1.29, 1.82) is 0 Å². The quantitative estimate of drug-likeness (QED) is 0.896. The Balaban J connectivity index is 2.34. The number of hydrogen-bond donors (Lipinski definition) is 1. The van der Waals surface area contributed by atoms with E-state index in [0.29, 0.717) is 0 Å². The van der Waals surface area contributed by atoms with E-state index in [-0.39, 0.29) is 11.5 Å². The van der Waals surface area contributed by atoms with Crippen LogP contribution in [-0.4, -0.2) is 19.8 Å². The van der Waals surface area contributed by atoms with Gasteiger partial charge in [0.2, 0.25) is 0 Å². The molecule has 0 aliphatic heterocycles. The average molecular weight is 306 g/mol. The zero-order chi connectivity index (χ0) is 12.2. The van der Waals surface area contributed by atoms with Crippen LogP contribution in [0, 0.1) is 5.41 Å². The largest absolute Gasteiger partial charge is 0.380 e. The van der Waals surface area contributed by atoms with Crippen LogP contribution in [-0.2, 0) is 11.3 Å². The molecule has 1 heterocycles. The van der Waals surface area contributed by atoms with Gasteiger partial charge in [-0.3, -0.25) is 0 Å². The predicted molar refractivity (Wildman–Crippen MR) is 74.0 cm³/mol. The number of nitrogens with one attached hydrogen (secondary N) is 1. The number of halogens is 1. The molecule has 1 aromatic rings. The molecule has 0 aromatic carbocycles. The second kappa shape index (κ2) is 6.15. The molecule has 1 rings (SSSR count). The fraction of sp³-hybridized carbons (Fsp3) is 0.667. The molecule has 0 saturated carbocycles. The van der Waals surface area contributed by atoms with Crippen molar-refractivity contribution < 1.29 is 4.74 Å². The lowest BCUT2D eigenvalue weighted by Crippen LogP contribution is -2.37. The molecule has 0 bridgehead atoms. The maximum Gasteiger partial charge on any atom is 0.0743 e. The molecule has 0 spiro atoms. The van der Waals surface area contributed by atoms with Crippen molar-refractivity contribution in [2.24, 2.45) is 5.41 Å². The number of methoxy groups -OCH3 is 1. The minimum Gasteiger partial charge on any atom is -0.380 e. The standard InChI is InChI=1S/C12H20BrNOS/c1-12(2,3)11(15-4)7-14-6-10-5-9(13)8-16-10/h5,8,11,14H,6-7H2,1-4H3. The van der Waals surface area contributed by atoms with Crippen LogP contribution in [0.3, 0.4) is 0 Å². The van der Waals surface area contributed by atoms with Gasteiger partial charge in [-0.2, -0.15) is 0 Å². The van der Waals surface area contributed by atoms with Gasteiger partial charge in [-0.05, 0) is 27.4 Å². The molecule has 1 aromatic heterocycles. The molecule has 0 radical (unpaired) electrons. The molecular weight excluding hydrogens is 286 g/mol. The summed E-state index contributed by atoms with van der Waals surface area (Å²) in [6.07, 6.45) is 0.246. The van der Waals surface area contributed by atoms with Crippen LogP contribution >= 0.6 is 27.3 Å². The molecular formula is C12H20BrNOS. The lowest BCUT2D eigenvalue weighted by Gasteiger charge is -2.29. The molecule has 0 saturated heterocycles. The smallest absolute Gasteiger partial charge is 0.0743 e. The van der Waals surface area contributed by atoms with E-state index in [1.807, 2.05) is 0 Å². The predicted octanol–water partition coefficient (Wildman–Crippen LogP) is 3.66. The van der Waals surface area contributed by atoms with Crippen LogP contribution in [0.15, 0.2) is 15.9 Å². The van der Waals surface area contributed by atoms with Gasteiger partial charge in [0.15, 0.2) is 0 Å². The highest BCUT2D eigenvalue weighted by atomic mass is 79.9. The number of thiophene rings is 1. The SMILES string of the molecule is COC(CNCc1cc(Br)cs1)C(C)(C)C. The Bertz CT molecular complexity index is 319. The third-order valence-electron chi connectivity index (χ3n) is 2.50. The Labute approximate surface area is 111 Å². The van der Waals surface area contributed by atoms with Gasteiger partial charge in [0.25, 0.3) is 0 Å². The summed E-state index contributed by atoms with van der Waals surface area (Å²) in [6, 6.07) is 2.15. The van der Waals surface area contributed by atoms with Crippen molar-refractivity contribution in [3.05, 3.63) is 20.8 Å². The maximum absolute atomic E-state index is 5.49. The molecule has 92 valence electrons. The molecule has 0 fully saturated rings. The van der Waals surface area contributed by atoms with E-state index in [1.165, 1.54) is 4.88 Å². The van der Waals surface area contributed by atoms with E-state index < -0.39 is 0 Å². The summed E-state index contributed by atoms with van der Waals surface area (Å²) in [5, 5.41) is 5.54. The van der Waals surface area contributed by atoms with Crippen LogP contribution in [0.1, 0.15) is 25.6 Å². The van der Waals surface area contributed by atoms with Gasteiger partial charge >= 0.3 is 0 Å². The Kier molecular flexibility index (Phi) is 5.44. The van der Waals surface area contributed by atoms with Gasteiger partial charge in [-0.25, -0.2) is 0 Å². The van der Waals surface area contributed by atoms with Crippen LogP contribution in [0.5, 0.6) is 0 Å². The van der Waals surface area contributed by atoms with Crippen LogP contribution in [0.2, 0.25) is 0 Å². The number of hydrogen-bond acceptors (Lipinski definition) is 3. The number of ether oxygens (including phenoxy) is 1. The van der Waals surface area contributed by atoms with E-state index in [0.717, 1.165) is 17.6 Å². The fourth-order valence-corrected chi connectivity index (χ4v) is 2.94. The first kappa shape index (κ1) is 14.2. The van der Waals surface area contributed by atoms with Gasteiger partial charge in [0.1, 0.15) is 0 Å². The molecule has 2 nitrogen and oxygen atoms in total. The summed E-state index contributed by atoms with van der Waals surface area (Å²) in [4.78, 5) is 1.34. The fourth-order valence-electron chi connectivity index (χ4n) is 1.52. The van der Waals surface area contributed by atoms with E-state index in [2.05, 4.69) is 53.5 Å². The first-order valence-electron chi connectivity index (χ1n) is 5.40. The van der Waals surface area contributed by atoms with Crippen molar-refractivity contribution in [2.75, 3.05) is 13.7 Å². The molecule has 1 atom stereocenters. The highest BCUT2D eigenvalue weighted by Gasteiger charge is 2.23. The Hall–Kier alpha value is 0.1000. The van der Waals surface area contributed by atoms with E-state index in [1.54, 1.807) is 18.4 Å². The Morgan fingerprint density at radius 3 is 2.62 bits per heavy atom. The zero-order valence-corrected chi connectivity index (χ0v) is 12.7. The van der Waals surface area contributed by atoms with E-state index in [4.69, 9.17) is 4.74 Å². The topological polar surface area (TPSA) is 21.3 Å². The van der Waals surface area contributed by atoms with Gasteiger partial charge in [0, 0.05) is 34.9 Å². The second-order valence-corrected chi connectivity index (χ2v) is 6.86. The molecule has 0 aliphatic carbocycles. The van der Waals surface area contributed by atoms with E-state index in [9.17, 15) is 0 Å². The lowest BCUT2D eigenvalue weighted by atomic mass is 9.89. The lowest BCUT2D eigenvalue weighted by molar-refractivity contribution is 0.0174. The van der Waals surface area contributed by atoms with Gasteiger partial charge < -0.3 is 10.1 Å². The second-order valence-electron chi connectivity index (χ2n) is 4.95. The zero-order valence-electron chi connectivity index (χ0n) is 10.3. The summed E-state index contributed by atoms with van der Waals surface area (Å²) in [5.74, 6) is 0. The van der Waals surface area contributed by atoms with Crippen LogP contribution in [0.25, 0.3) is 0 Å². The monoisotopic (exact) mass is 305 g/mol. The molecule has 4 heteroatoms. The van der Waals surface area contributed by atoms with Gasteiger partial charge in [-0.1, -0.05) is 20.8 Å². The third-order valence-corrected chi connectivity index (χ3v) is 4.20. The highest BCUT2D eigenvalue weighted by molar-refractivity contribution is 9.10. The number of rotatable bonds is 5. The average Bonchev–Trinajstić information content (AvgIpc) is 2.57. The molecule has 1 unspecified atom stereocenters. The van der Waals surface area contributed by atoms with Crippen LogP contribution in [0.4, 0.5) is 0 Å². The van der Waals surface area contributed by atoms with E-state index >= 15 is 0 Å². The summed E-state index contributed by atoms with van der Waals surface area (Å²) in [5.41, 5.74) is 0.178. The Morgan fingerprint density at radius 2 is 2.19 bits per heavy atom. The summed E-state index contributed by atoms with van der Waals surface area (Å²) >= 11 is 5.22. The summed E-state index contributed by atoms with van der Waals surface area (Å²) < 4.78 is 6.65. The summed E-state index contributed by atoms with van der Waals surface area (Å²) in [6.45, 7) is 8.39. The molecule has 0 amide bonds. The molecule has 1 N–H and O–H groups in total. The normalized spacial score (nSPS) is 14.1. The highest BCUT2D eigenvalue weighted by Crippen LogP contribution is 2.22. The summed E-state index contributed by atoms with van der Waals surface area (Å²) in [7, 11) is 1.78. The molecule has 0 aliphatic rings. The molecule has 16 heavy (non-hydrogen) atoms. The first-order chi connectivity index (χ1) is 7.43. The first-order valence-corrected chi connectivity index (χ1v) is 7.07. The van der Waals surface area contributed by atoms with Crippen molar-refractivity contribution in [2.45, 2.75) is 33.4 Å². The minimum absolute atomic E-state index is 0.178. The third kappa shape index (κ3) is 4.53. The minimum atomic E-state index is 0.178. The van der Waals surface area contributed by atoms with Crippen molar-refractivity contribution in [3.8, 4) is 0 Å². The van der Waals surface area contributed by atoms with Crippen LogP contribution < -0.4 is 5.32 Å². The Morgan fingerprint density at radius 1 is 1.50 bits per heavy atom. The van der Waals surface area contributed by atoms with Crippen molar-refractivity contribution in [1.82, 2.24) is 5.32 Å². The van der Waals surface area contributed by atoms with Crippen molar-refractivity contribution in [3.63, 3.8) is 0 Å². The van der Waals surface area contributed by atoms with Gasteiger partial charge in [0.05, 0.1) is 6.10 Å². The van der Waals surface area contributed by atoms with Gasteiger partial charge in [-0.15, -0.1) is 11.3 Å². The maximum atomic E-state index is 5.49. The van der Waals surface area contributed by atoms with Crippen molar-refractivity contribution >= 4 is 27.3 Å².